The molecule has 1 amide bonds. The van der Waals surface area contributed by atoms with E-state index in [-0.39, 0.29) is 5.91 Å². The molecule has 6 rings (SSSR count). The summed E-state index contributed by atoms with van der Waals surface area (Å²) in [4.78, 5) is 26.4. The van der Waals surface area contributed by atoms with Crippen molar-refractivity contribution in [2.75, 3.05) is 16.8 Å². The van der Waals surface area contributed by atoms with Crippen LogP contribution >= 0.6 is 22.7 Å². The van der Waals surface area contributed by atoms with Crippen molar-refractivity contribution in [3.05, 3.63) is 113 Å². The van der Waals surface area contributed by atoms with Gasteiger partial charge in [0.25, 0.3) is 5.91 Å². The van der Waals surface area contributed by atoms with Crippen LogP contribution < -0.4 is 10.2 Å². The van der Waals surface area contributed by atoms with Gasteiger partial charge in [-0.3, -0.25) is 10.1 Å². The van der Waals surface area contributed by atoms with Crippen molar-refractivity contribution in [3.63, 3.8) is 0 Å². The minimum absolute atomic E-state index is 0.116. The molecule has 3 aromatic carbocycles. The van der Waals surface area contributed by atoms with E-state index in [0.717, 1.165) is 46.0 Å². The Labute approximate surface area is 218 Å². The zero-order valence-electron chi connectivity index (χ0n) is 19.7. The van der Waals surface area contributed by atoms with E-state index < -0.39 is 0 Å². The highest BCUT2D eigenvalue weighted by Gasteiger charge is 2.25. The minimum Gasteiger partial charge on any atom is -0.343 e. The van der Waals surface area contributed by atoms with Gasteiger partial charge in [-0.05, 0) is 54.7 Å². The highest BCUT2D eigenvalue weighted by atomic mass is 32.1. The van der Waals surface area contributed by atoms with Gasteiger partial charge in [0.05, 0.1) is 15.9 Å². The lowest BCUT2D eigenvalue weighted by molar-refractivity contribution is 0.102. The van der Waals surface area contributed by atoms with Crippen LogP contribution in [-0.4, -0.2) is 22.4 Å². The van der Waals surface area contributed by atoms with Gasteiger partial charge in [-0.1, -0.05) is 65.9 Å². The number of para-hydroxylation sites is 1. The molecule has 5 nitrogen and oxygen atoms in total. The van der Waals surface area contributed by atoms with E-state index in [1.807, 2.05) is 42.5 Å². The maximum absolute atomic E-state index is 13.3. The standard InChI is InChI=1S/C29H25N4OS2/c1-2-23-26(17-19-9-4-3-5-10-19)36-29(31-23)33-16-15-20-11-8-12-21(22(20)18-33)27(34)32-28-30-24-13-6-7-14-25(24)35-28/h3-14H,1-2,15-18H2,(H,30,32,34). The van der Waals surface area contributed by atoms with Crippen molar-refractivity contribution in [2.45, 2.75) is 25.8 Å². The first-order chi connectivity index (χ1) is 17.7. The second-order valence-electron chi connectivity index (χ2n) is 8.83. The molecule has 1 aliphatic heterocycles. The lowest BCUT2D eigenvalue weighted by Gasteiger charge is -2.29. The number of amides is 1. The number of benzene rings is 3. The van der Waals surface area contributed by atoms with Crippen LogP contribution in [0.2, 0.25) is 0 Å². The number of hydrogen-bond donors (Lipinski definition) is 1. The summed E-state index contributed by atoms with van der Waals surface area (Å²) in [5.41, 5.74) is 6.23. The molecule has 0 spiro atoms. The Morgan fingerprint density at radius 3 is 2.64 bits per heavy atom. The van der Waals surface area contributed by atoms with Crippen LogP contribution in [0.15, 0.2) is 72.8 Å². The van der Waals surface area contributed by atoms with Gasteiger partial charge in [0.1, 0.15) is 0 Å². The quantitative estimate of drug-likeness (QED) is 0.283. The highest BCUT2D eigenvalue weighted by Crippen LogP contribution is 2.34. The van der Waals surface area contributed by atoms with Crippen molar-refractivity contribution in [1.29, 1.82) is 0 Å². The second kappa shape index (κ2) is 9.84. The van der Waals surface area contributed by atoms with Crippen LogP contribution in [0.5, 0.6) is 0 Å². The zero-order valence-corrected chi connectivity index (χ0v) is 21.4. The smallest absolute Gasteiger partial charge is 0.257 e. The first-order valence-electron chi connectivity index (χ1n) is 12.0. The molecule has 36 heavy (non-hydrogen) atoms. The maximum Gasteiger partial charge on any atom is 0.257 e. The number of anilines is 2. The molecule has 1 N–H and O–H groups in total. The fraction of sp³-hybridized carbons (Fsp3) is 0.172. The van der Waals surface area contributed by atoms with E-state index in [4.69, 9.17) is 4.98 Å². The van der Waals surface area contributed by atoms with Crippen LogP contribution in [0.4, 0.5) is 10.3 Å². The highest BCUT2D eigenvalue weighted by molar-refractivity contribution is 7.22. The van der Waals surface area contributed by atoms with Gasteiger partial charge in [0, 0.05) is 30.0 Å². The molecule has 7 heteroatoms. The summed E-state index contributed by atoms with van der Waals surface area (Å²) in [7, 11) is 0. The summed E-state index contributed by atoms with van der Waals surface area (Å²) in [5.74, 6) is -0.116. The van der Waals surface area contributed by atoms with Gasteiger partial charge in [-0.2, -0.15) is 0 Å². The molecule has 2 aromatic heterocycles. The van der Waals surface area contributed by atoms with E-state index in [0.29, 0.717) is 23.7 Å². The van der Waals surface area contributed by atoms with Crippen LogP contribution in [0.1, 0.15) is 37.6 Å². The van der Waals surface area contributed by atoms with E-state index in [1.165, 1.54) is 27.3 Å². The molecule has 0 atom stereocenters. The topological polar surface area (TPSA) is 58.1 Å². The molecule has 0 bridgehead atoms. The molecule has 5 aromatic rings. The molecule has 179 valence electrons. The first kappa shape index (κ1) is 22.9. The van der Waals surface area contributed by atoms with Crippen LogP contribution in [0.25, 0.3) is 10.2 Å². The Hall–Kier alpha value is -3.55. The molecule has 0 saturated heterocycles. The molecule has 3 heterocycles. The number of rotatable bonds is 6. The van der Waals surface area contributed by atoms with Gasteiger partial charge in [0.15, 0.2) is 10.3 Å². The fourth-order valence-electron chi connectivity index (χ4n) is 4.67. The Balaban J connectivity index is 1.25. The molecule has 0 fully saturated rings. The lowest BCUT2D eigenvalue weighted by Crippen LogP contribution is -2.32. The molecule has 1 radical (unpaired) electrons. The third-order valence-electron chi connectivity index (χ3n) is 6.51. The minimum atomic E-state index is -0.116. The number of thiazole rings is 2. The Bertz CT molecular complexity index is 1510. The average molecular weight is 510 g/mol. The molecular weight excluding hydrogens is 484 g/mol. The van der Waals surface area contributed by atoms with Gasteiger partial charge in [-0.15, -0.1) is 11.3 Å². The van der Waals surface area contributed by atoms with Crippen molar-refractivity contribution in [3.8, 4) is 0 Å². The predicted octanol–water partition coefficient (Wildman–Crippen LogP) is 6.54. The number of carbonyl (C=O) groups excluding carboxylic acids is 1. The number of fused-ring (bicyclic) bond motifs is 2. The first-order valence-corrected chi connectivity index (χ1v) is 13.7. The van der Waals surface area contributed by atoms with E-state index in [2.05, 4.69) is 52.5 Å². The third kappa shape index (κ3) is 4.52. The van der Waals surface area contributed by atoms with Crippen molar-refractivity contribution in [1.82, 2.24) is 9.97 Å². The van der Waals surface area contributed by atoms with Crippen LogP contribution in [-0.2, 0) is 25.8 Å². The summed E-state index contributed by atoms with van der Waals surface area (Å²) in [6, 6.07) is 24.4. The van der Waals surface area contributed by atoms with E-state index >= 15 is 0 Å². The van der Waals surface area contributed by atoms with Crippen LogP contribution in [0, 0.1) is 6.92 Å². The molecule has 1 aliphatic rings. The molecule has 0 unspecified atom stereocenters. The molecule has 0 aliphatic carbocycles. The Morgan fingerprint density at radius 1 is 0.972 bits per heavy atom. The summed E-state index contributed by atoms with van der Waals surface area (Å²) in [5, 5.41) is 4.66. The monoisotopic (exact) mass is 509 g/mol. The van der Waals surface area contributed by atoms with E-state index in [1.54, 1.807) is 11.3 Å². The van der Waals surface area contributed by atoms with Crippen LogP contribution in [0.3, 0.4) is 0 Å². The van der Waals surface area contributed by atoms with Gasteiger partial charge < -0.3 is 4.90 Å². The number of carbonyl (C=O) groups is 1. The number of nitrogens with zero attached hydrogens (tertiary/aromatic N) is 3. The van der Waals surface area contributed by atoms with Gasteiger partial charge in [-0.25, -0.2) is 9.97 Å². The average Bonchev–Trinajstić information content (AvgIpc) is 3.51. The van der Waals surface area contributed by atoms with Gasteiger partial charge >= 0.3 is 0 Å². The Kier molecular flexibility index (Phi) is 6.25. The number of nitrogens with one attached hydrogen (secondary N) is 1. The number of hydrogen-bond acceptors (Lipinski definition) is 6. The normalized spacial score (nSPS) is 13.1. The van der Waals surface area contributed by atoms with Crippen molar-refractivity contribution in [2.24, 2.45) is 0 Å². The SMILES string of the molecule is [CH2]Cc1nc(N2CCc3cccc(C(=O)Nc4nc5ccccc5s4)c3C2)sc1Cc1ccccc1. The summed E-state index contributed by atoms with van der Waals surface area (Å²) in [6.45, 7) is 5.65. The van der Waals surface area contributed by atoms with Crippen molar-refractivity contribution < 1.29 is 4.79 Å². The maximum atomic E-state index is 13.3. The molecule has 0 saturated carbocycles. The summed E-state index contributed by atoms with van der Waals surface area (Å²) in [6.07, 6.45) is 2.41. The lowest BCUT2D eigenvalue weighted by atomic mass is 9.94. The third-order valence-corrected chi connectivity index (χ3v) is 8.62. The number of aromatic nitrogens is 2. The summed E-state index contributed by atoms with van der Waals surface area (Å²) < 4.78 is 1.06. The Morgan fingerprint density at radius 2 is 1.81 bits per heavy atom. The van der Waals surface area contributed by atoms with Gasteiger partial charge in [0.2, 0.25) is 0 Å². The summed E-state index contributed by atoms with van der Waals surface area (Å²) >= 11 is 3.24. The van der Waals surface area contributed by atoms with E-state index in [9.17, 15) is 4.79 Å². The molecular formula is C29H25N4OS2. The largest absolute Gasteiger partial charge is 0.343 e. The van der Waals surface area contributed by atoms with Crippen molar-refractivity contribution >= 4 is 49.1 Å². The second-order valence-corrected chi connectivity index (χ2v) is 10.9. The fourth-order valence-corrected chi connectivity index (χ4v) is 6.69. The predicted molar refractivity (Wildman–Crippen MR) is 149 cm³/mol. The zero-order chi connectivity index (χ0) is 24.5.